The summed E-state index contributed by atoms with van der Waals surface area (Å²) in [6.07, 6.45) is 2.26. The average Bonchev–Trinajstić information content (AvgIpc) is 2.41. The Morgan fingerprint density at radius 2 is 2.38 bits per heavy atom. The van der Waals surface area contributed by atoms with E-state index in [1.54, 1.807) is 0 Å². The van der Waals surface area contributed by atoms with Crippen LogP contribution in [0.15, 0.2) is 0 Å². The van der Waals surface area contributed by atoms with Gasteiger partial charge in [0.25, 0.3) is 0 Å². The molecule has 0 amide bonds. The summed E-state index contributed by atoms with van der Waals surface area (Å²) in [5.41, 5.74) is 2.61. The van der Waals surface area contributed by atoms with Gasteiger partial charge in [-0.25, -0.2) is 0 Å². The Morgan fingerprint density at radius 3 is 2.75 bits per heavy atom. The molecule has 1 saturated carbocycles. The summed E-state index contributed by atoms with van der Waals surface area (Å²) in [7, 11) is 0. The number of carbonyl (C=O) groups excluding carboxylic acids is 1. The highest BCUT2D eigenvalue weighted by atomic mass is 16.7. The molecule has 0 heterocycles. The smallest absolute Gasteiger partial charge is 0.321 e. The van der Waals surface area contributed by atoms with Gasteiger partial charge < -0.3 is 4.84 Å². The van der Waals surface area contributed by atoms with Gasteiger partial charge in [-0.3, -0.25) is 4.79 Å². The van der Waals surface area contributed by atoms with E-state index in [0.717, 1.165) is 12.8 Å². The zero-order chi connectivity index (χ0) is 5.98. The molecular weight excluding hydrogens is 106 g/mol. The molecule has 0 aromatic rings. The Hall–Kier alpha value is -0.570. The highest BCUT2D eigenvalue weighted by Crippen LogP contribution is 2.18. The summed E-state index contributed by atoms with van der Waals surface area (Å²) < 4.78 is 0. The minimum Gasteiger partial charge on any atom is -0.371 e. The first kappa shape index (κ1) is 5.56. The third kappa shape index (κ3) is 1.93. The third-order valence-electron chi connectivity index (χ3n) is 0.947. The lowest BCUT2D eigenvalue weighted by atomic mass is 10.8. The van der Waals surface area contributed by atoms with E-state index >= 15 is 0 Å². The van der Waals surface area contributed by atoms with Gasteiger partial charge in [0.2, 0.25) is 0 Å². The second-order valence-electron chi connectivity index (χ2n) is 1.99. The highest BCUT2D eigenvalue weighted by Gasteiger charge is 2.21. The quantitative estimate of drug-likeness (QED) is 0.523. The molecule has 0 spiro atoms. The lowest BCUT2D eigenvalue weighted by Gasteiger charge is -1.97. The van der Waals surface area contributed by atoms with E-state index in [4.69, 9.17) is 0 Å². The van der Waals surface area contributed by atoms with Crippen molar-refractivity contribution in [2.45, 2.75) is 25.8 Å². The Kier molecular flexibility index (Phi) is 1.48. The summed E-state index contributed by atoms with van der Waals surface area (Å²) in [5, 5.41) is 0. The highest BCUT2D eigenvalue weighted by molar-refractivity contribution is 5.65. The largest absolute Gasteiger partial charge is 0.371 e. The van der Waals surface area contributed by atoms with Crippen LogP contribution in [0.3, 0.4) is 0 Å². The first-order valence-electron chi connectivity index (χ1n) is 2.72. The molecule has 1 aliphatic rings. The van der Waals surface area contributed by atoms with Crippen molar-refractivity contribution < 1.29 is 9.63 Å². The molecule has 0 atom stereocenters. The van der Waals surface area contributed by atoms with Crippen molar-refractivity contribution in [2.24, 2.45) is 0 Å². The molecule has 1 N–H and O–H groups in total. The molecule has 8 heavy (non-hydrogen) atoms. The fraction of sp³-hybridized carbons (Fsp3) is 0.800. The first-order chi connectivity index (χ1) is 3.79. The molecule has 0 unspecified atom stereocenters. The molecule has 1 rings (SSSR count). The zero-order valence-corrected chi connectivity index (χ0v) is 4.81. The molecule has 3 nitrogen and oxygen atoms in total. The molecule has 0 aliphatic heterocycles. The summed E-state index contributed by atoms with van der Waals surface area (Å²) in [4.78, 5) is 14.6. The third-order valence-corrected chi connectivity index (χ3v) is 0.947. The van der Waals surface area contributed by atoms with Crippen molar-refractivity contribution in [3.05, 3.63) is 0 Å². The summed E-state index contributed by atoms with van der Waals surface area (Å²) >= 11 is 0. The van der Waals surface area contributed by atoms with Crippen molar-refractivity contribution in [2.75, 3.05) is 0 Å². The van der Waals surface area contributed by atoms with Gasteiger partial charge in [0, 0.05) is 13.0 Å². The number of nitrogens with one attached hydrogen (secondary N) is 1. The summed E-state index contributed by atoms with van der Waals surface area (Å²) in [5.74, 6) is -0.267. The van der Waals surface area contributed by atoms with Crippen LogP contribution >= 0.6 is 0 Å². The van der Waals surface area contributed by atoms with Gasteiger partial charge in [0.05, 0.1) is 0 Å². The maximum Gasteiger partial charge on any atom is 0.321 e. The number of hydrogen-bond donors (Lipinski definition) is 1. The van der Waals surface area contributed by atoms with Crippen molar-refractivity contribution in [1.29, 1.82) is 0 Å². The van der Waals surface area contributed by atoms with Crippen LogP contribution in [-0.2, 0) is 9.63 Å². The van der Waals surface area contributed by atoms with Crippen LogP contribution < -0.4 is 5.48 Å². The molecule has 0 bridgehead atoms. The Labute approximate surface area is 48.0 Å². The van der Waals surface area contributed by atoms with Gasteiger partial charge in [-0.1, -0.05) is 0 Å². The van der Waals surface area contributed by atoms with E-state index in [9.17, 15) is 4.79 Å². The van der Waals surface area contributed by atoms with E-state index < -0.39 is 0 Å². The van der Waals surface area contributed by atoms with Gasteiger partial charge >= 0.3 is 5.97 Å². The molecule has 0 radical (unpaired) electrons. The summed E-state index contributed by atoms with van der Waals surface area (Å²) in [6, 6.07) is 0.443. The number of hydrogen-bond acceptors (Lipinski definition) is 3. The second kappa shape index (κ2) is 2.13. The van der Waals surface area contributed by atoms with E-state index in [0.29, 0.717) is 6.04 Å². The van der Waals surface area contributed by atoms with Crippen LogP contribution in [0.4, 0.5) is 0 Å². The molecular formula is C5H9NO2. The van der Waals surface area contributed by atoms with E-state index in [1.165, 1.54) is 6.92 Å². The molecule has 0 aromatic carbocycles. The van der Waals surface area contributed by atoms with Gasteiger partial charge in [0.15, 0.2) is 0 Å². The fourth-order valence-electron chi connectivity index (χ4n) is 0.367. The van der Waals surface area contributed by atoms with Gasteiger partial charge in [-0.05, 0) is 12.8 Å². The van der Waals surface area contributed by atoms with Crippen LogP contribution in [0, 0.1) is 0 Å². The van der Waals surface area contributed by atoms with Gasteiger partial charge in [-0.2, -0.15) is 5.48 Å². The first-order valence-corrected chi connectivity index (χ1v) is 2.72. The molecule has 46 valence electrons. The predicted molar refractivity (Wildman–Crippen MR) is 27.9 cm³/mol. The van der Waals surface area contributed by atoms with Crippen molar-refractivity contribution in [1.82, 2.24) is 5.48 Å². The minimum absolute atomic E-state index is 0.267. The second-order valence-corrected chi connectivity index (χ2v) is 1.99. The van der Waals surface area contributed by atoms with E-state index in [2.05, 4.69) is 10.3 Å². The molecule has 1 fully saturated rings. The topological polar surface area (TPSA) is 38.3 Å². The molecule has 0 saturated heterocycles. The normalized spacial score (nSPS) is 18.1. The minimum atomic E-state index is -0.267. The lowest BCUT2D eigenvalue weighted by Crippen LogP contribution is -2.19. The maximum absolute atomic E-state index is 10.1. The Bertz CT molecular complexity index is 98.6. The van der Waals surface area contributed by atoms with Crippen LogP contribution in [0.5, 0.6) is 0 Å². The average molecular weight is 115 g/mol. The van der Waals surface area contributed by atoms with Gasteiger partial charge in [0.1, 0.15) is 0 Å². The lowest BCUT2D eigenvalue weighted by molar-refractivity contribution is -0.148. The molecule has 1 aliphatic carbocycles. The summed E-state index contributed by atoms with van der Waals surface area (Å²) in [6.45, 7) is 1.38. The van der Waals surface area contributed by atoms with Crippen LogP contribution in [0.25, 0.3) is 0 Å². The standard InChI is InChI=1S/C5H9NO2/c1-4(7)8-6-5-2-3-5/h5-6H,2-3H2,1H3. The van der Waals surface area contributed by atoms with Crippen molar-refractivity contribution >= 4 is 5.97 Å². The van der Waals surface area contributed by atoms with Crippen molar-refractivity contribution in [3.8, 4) is 0 Å². The number of rotatable bonds is 2. The van der Waals surface area contributed by atoms with E-state index in [1.807, 2.05) is 0 Å². The molecule has 0 aromatic heterocycles. The van der Waals surface area contributed by atoms with Gasteiger partial charge in [-0.15, -0.1) is 0 Å². The van der Waals surface area contributed by atoms with Crippen LogP contribution in [0.2, 0.25) is 0 Å². The van der Waals surface area contributed by atoms with E-state index in [-0.39, 0.29) is 5.97 Å². The molecule has 3 heteroatoms. The Morgan fingerprint density at radius 1 is 1.75 bits per heavy atom. The fourth-order valence-corrected chi connectivity index (χ4v) is 0.367. The SMILES string of the molecule is CC(=O)ONC1CC1. The maximum atomic E-state index is 10.1. The number of carbonyl (C=O) groups is 1. The Balaban J connectivity index is 1.95. The van der Waals surface area contributed by atoms with Crippen LogP contribution in [-0.4, -0.2) is 12.0 Å². The zero-order valence-electron chi connectivity index (χ0n) is 4.81. The predicted octanol–water partition coefficient (Wildman–Crippen LogP) is 0.217. The van der Waals surface area contributed by atoms with Crippen LogP contribution in [0.1, 0.15) is 19.8 Å². The number of hydroxylamine groups is 1. The monoisotopic (exact) mass is 115 g/mol. The van der Waals surface area contributed by atoms with Crippen molar-refractivity contribution in [3.63, 3.8) is 0 Å².